The first-order chi connectivity index (χ1) is 10.8. The van der Waals surface area contributed by atoms with Crippen LogP contribution in [0.25, 0.3) is 0 Å². The summed E-state index contributed by atoms with van der Waals surface area (Å²) in [7, 11) is 0. The molecule has 6 heteroatoms. The lowest BCUT2D eigenvalue weighted by Gasteiger charge is -2.48. The minimum absolute atomic E-state index is 0.0664. The lowest BCUT2D eigenvalue weighted by Crippen LogP contribution is -2.54. The summed E-state index contributed by atoms with van der Waals surface area (Å²) in [5, 5.41) is 3.35. The SMILES string of the molecule is Cc1nc(CCN2CCc3[nH]cnc3C23CCOCC3)cs1. The maximum absolute atomic E-state index is 5.63. The molecule has 2 aromatic heterocycles. The molecule has 2 aliphatic heterocycles. The Hall–Kier alpha value is -1.24. The Kier molecular flexibility index (Phi) is 3.76. The highest BCUT2D eigenvalue weighted by atomic mass is 32.1. The number of ether oxygens (including phenoxy) is 1. The maximum atomic E-state index is 5.63. The molecule has 118 valence electrons. The van der Waals surface area contributed by atoms with E-state index in [-0.39, 0.29) is 5.54 Å². The Balaban J connectivity index is 1.58. The van der Waals surface area contributed by atoms with Crippen molar-refractivity contribution in [3.05, 3.63) is 33.8 Å². The highest BCUT2D eigenvalue weighted by molar-refractivity contribution is 7.09. The molecule has 0 bridgehead atoms. The molecule has 0 saturated carbocycles. The number of aromatic nitrogens is 3. The van der Waals surface area contributed by atoms with E-state index in [1.165, 1.54) is 17.1 Å². The van der Waals surface area contributed by atoms with Crippen molar-refractivity contribution >= 4 is 11.3 Å². The first-order valence-corrected chi connectivity index (χ1v) is 8.92. The van der Waals surface area contributed by atoms with E-state index in [0.29, 0.717) is 0 Å². The molecule has 22 heavy (non-hydrogen) atoms. The van der Waals surface area contributed by atoms with Crippen molar-refractivity contribution in [2.75, 3.05) is 26.3 Å². The first kappa shape index (κ1) is 14.4. The third kappa shape index (κ3) is 2.39. The van der Waals surface area contributed by atoms with Crippen molar-refractivity contribution in [2.45, 2.75) is 38.1 Å². The normalized spacial score (nSPS) is 21.1. The topological polar surface area (TPSA) is 54.0 Å². The number of aryl methyl sites for hydroxylation is 1. The van der Waals surface area contributed by atoms with E-state index >= 15 is 0 Å². The second kappa shape index (κ2) is 5.76. The van der Waals surface area contributed by atoms with Crippen LogP contribution in [-0.4, -0.2) is 46.2 Å². The van der Waals surface area contributed by atoms with Gasteiger partial charge >= 0.3 is 0 Å². The summed E-state index contributed by atoms with van der Waals surface area (Å²) in [6.45, 7) is 5.88. The zero-order valence-electron chi connectivity index (χ0n) is 13.0. The lowest BCUT2D eigenvalue weighted by molar-refractivity contribution is -0.0404. The molecular weight excluding hydrogens is 296 g/mol. The summed E-state index contributed by atoms with van der Waals surface area (Å²) >= 11 is 1.74. The fraction of sp³-hybridized carbons (Fsp3) is 0.625. The monoisotopic (exact) mass is 318 g/mol. The van der Waals surface area contributed by atoms with Gasteiger partial charge in [-0.2, -0.15) is 0 Å². The van der Waals surface area contributed by atoms with Crippen molar-refractivity contribution in [2.24, 2.45) is 0 Å². The molecule has 0 amide bonds. The van der Waals surface area contributed by atoms with Gasteiger partial charge in [-0.25, -0.2) is 9.97 Å². The lowest BCUT2D eigenvalue weighted by atomic mass is 9.80. The fourth-order valence-corrected chi connectivity index (χ4v) is 4.53. The number of imidazole rings is 1. The molecule has 2 aliphatic rings. The Morgan fingerprint density at radius 3 is 3.05 bits per heavy atom. The van der Waals surface area contributed by atoms with Crippen molar-refractivity contribution in [1.29, 1.82) is 0 Å². The maximum Gasteiger partial charge on any atom is 0.0926 e. The summed E-state index contributed by atoms with van der Waals surface area (Å²) in [4.78, 5) is 15.3. The summed E-state index contributed by atoms with van der Waals surface area (Å²) in [5.41, 5.74) is 3.87. The highest BCUT2D eigenvalue weighted by Crippen LogP contribution is 2.41. The summed E-state index contributed by atoms with van der Waals surface area (Å²) < 4.78 is 5.63. The van der Waals surface area contributed by atoms with Crippen LogP contribution in [0.4, 0.5) is 0 Å². The van der Waals surface area contributed by atoms with Gasteiger partial charge in [0, 0.05) is 50.2 Å². The molecule has 1 saturated heterocycles. The van der Waals surface area contributed by atoms with Crippen LogP contribution in [0, 0.1) is 6.92 Å². The van der Waals surface area contributed by atoms with E-state index < -0.39 is 0 Å². The fourth-order valence-electron chi connectivity index (χ4n) is 3.88. The molecule has 0 radical (unpaired) electrons. The van der Waals surface area contributed by atoms with Crippen LogP contribution in [0.3, 0.4) is 0 Å². The first-order valence-electron chi connectivity index (χ1n) is 8.04. The molecule has 1 spiro atoms. The second-order valence-corrected chi connectivity index (χ2v) is 7.28. The van der Waals surface area contributed by atoms with Gasteiger partial charge in [0.15, 0.2) is 0 Å². The number of nitrogens with one attached hydrogen (secondary N) is 1. The van der Waals surface area contributed by atoms with Gasteiger partial charge in [-0.1, -0.05) is 0 Å². The van der Waals surface area contributed by atoms with Gasteiger partial charge < -0.3 is 9.72 Å². The van der Waals surface area contributed by atoms with Crippen LogP contribution in [0.5, 0.6) is 0 Å². The minimum Gasteiger partial charge on any atom is -0.381 e. The third-order valence-electron chi connectivity index (χ3n) is 5.02. The molecule has 0 aromatic carbocycles. The van der Waals surface area contributed by atoms with Crippen molar-refractivity contribution in [3.8, 4) is 0 Å². The Morgan fingerprint density at radius 1 is 1.41 bits per heavy atom. The molecular formula is C16H22N4OS. The molecule has 1 N–H and O–H groups in total. The number of hydrogen-bond acceptors (Lipinski definition) is 5. The highest BCUT2D eigenvalue weighted by Gasteiger charge is 2.45. The molecule has 1 fully saturated rings. The number of hydrogen-bond donors (Lipinski definition) is 1. The summed E-state index contributed by atoms with van der Waals surface area (Å²) in [6.07, 6.45) is 6.03. The minimum atomic E-state index is 0.0664. The van der Waals surface area contributed by atoms with E-state index in [0.717, 1.165) is 57.0 Å². The van der Waals surface area contributed by atoms with Crippen molar-refractivity contribution < 1.29 is 4.74 Å². The quantitative estimate of drug-likeness (QED) is 0.943. The zero-order valence-corrected chi connectivity index (χ0v) is 13.8. The Morgan fingerprint density at radius 2 is 2.27 bits per heavy atom. The molecule has 4 heterocycles. The largest absolute Gasteiger partial charge is 0.381 e. The van der Waals surface area contributed by atoms with E-state index in [4.69, 9.17) is 4.74 Å². The standard InChI is InChI=1S/C16H22N4OS/c1-12-19-13(10-22-12)2-6-20-7-3-14-15(18-11-17-14)16(20)4-8-21-9-5-16/h10-11H,2-9H2,1H3,(H,17,18). The van der Waals surface area contributed by atoms with Gasteiger partial charge in [-0.3, -0.25) is 4.90 Å². The molecule has 2 aromatic rings. The summed E-state index contributed by atoms with van der Waals surface area (Å²) in [5.74, 6) is 0. The molecule has 4 rings (SSSR count). The Bertz CT molecular complexity index is 644. The number of H-pyrrole nitrogens is 1. The van der Waals surface area contributed by atoms with Gasteiger partial charge in [0.1, 0.15) is 0 Å². The van der Waals surface area contributed by atoms with Crippen molar-refractivity contribution in [3.63, 3.8) is 0 Å². The van der Waals surface area contributed by atoms with Gasteiger partial charge in [0.25, 0.3) is 0 Å². The van der Waals surface area contributed by atoms with E-state index in [2.05, 4.69) is 32.2 Å². The van der Waals surface area contributed by atoms with E-state index in [1.807, 2.05) is 6.33 Å². The van der Waals surface area contributed by atoms with Crippen LogP contribution < -0.4 is 0 Å². The van der Waals surface area contributed by atoms with Crippen LogP contribution in [0.15, 0.2) is 11.7 Å². The number of fused-ring (bicyclic) bond motifs is 2. The number of nitrogens with zero attached hydrogens (tertiary/aromatic N) is 3. The predicted octanol–water partition coefficient (Wildman–Crippen LogP) is 2.28. The van der Waals surface area contributed by atoms with Gasteiger partial charge in [-0.15, -0.1) is 11.3 Å². The van der Waals surface area contributed by atoms with E-state index in [1.54, 1.807) is 11.3 Å². The van der Waals surface area contributed by atoms with Crippen LogP contribution in [0.2, 0.25) is 0 Å². The van der Waals surface area contributed by atoms with Crippen LogP contribution >= 0.6 is 11.3 Å². The second-order valence-electron chi connectivity index (χ2n) is 6.22. The average molecular weight is 318 g/mol. The molecule has 0 atom stereocenters. The number of aromatic amines is 1. The Labute approximate surface area is 134 Å². The van der Waals surface area contributed by atoms with E-state index in [9.17, 15) is 0 Å². The van der Waals surface area contributed by atoms with Crippen LogP contribution in [-0.2, 0) is 23.1 Å². The van der Waals surface area contributed by atoms with Gasteiger partial charge in [-0.05, 0) is 19.8 Å². The predicted molar refractivity (Wildman–Crippen MR) is 86.2 cm³/mol. The van der Waals surface area contributed by atoms with Gasteiger partial charge in [0.2, 0.25) is 0 Å². The third-order valence-corrected chi connectivity index (χ3v) is 5.84. The smallest absolute Gasteiger partial charge is 0.0926 e. The molecule has 0 aliphatic carbocycles. The van der Waals surface area contributed by atoms with Crippen LogP contribution in [0.1, 0.15) is 34.9 Å². The molecule has 0 unspecified atom stereocenters. The zero-order chi connectivity index (χ0) is 15.0. The van der Waals surface area contributed by atoms with Gasteiger partial charge in [0.05, 0.1) is 28.3 Å². The number of rotatable bonds is 3. The average Bonchev–Trinajstić information content (AvgIpc) is 3.17. The summed E-state index contributed by atoms with van der Waals surface area (Å²) in [6, 6.07) is 0. The molecule has 5 nitrogen and oxygen atoms in total. The van der Waals surface area contributed by atoms with Crippen molar-refractivity contribution in [1.82, 2.24) is 19.9 Å². The number of thiazole rings is 1.